The number of likely N-dealkylation sites (tertiary alicyclic amines) is 2. The second-order valence-corrected chi connectivity index (χ2v) is 17.6. The van der Waals surface area contributed by atoms with E-state index in [9.17, 15) is 0 Å². The quantitative estimate of drug-likeness (QED) is 0.203. The Hall–Kier alpha value is -3.20. The van der Waals surface area contributed by atoms with Crippen LogP contribution in [0.25, 0.3) is 44.2 Å². The van der Waals surface area contributed by atoms with Crippen molar-refractivity contribution in [1.29, 1.82) is 0 Å². The van der Waals surface area contributed by atoms with Gasteiger partial charge in [0, 0.05) is 11.8 Å². The minimum atomic E-state index is 0.0919. The summed E-state index contributed by atoms with van der Waals surface area (Å²) < 4.78 is 2.28. The summed E-state index contributed by atoms with van der Waals surface area (Å²) in [6.07, 6.45) is 3.64. The van der Waals surface area contributed by atoms with E-state index in [-0.39, 0.29) is 10.8 Å². The molecule has 2 saturated heterocycles. The first-order valence-electron chi connectivity index (χ1n) is 16.7. The molecule has 42 heavy (non-hydrogen) atoms. The van der Waals surface area contributed by atoms with Gasteiger partial charge in [-0.3, -0.25) is 0 Å². The molecule has 2 heteroatoms. The normalized spacial score (nSPS) is 35.7. The molecule has 2 aliphatic heterocycles. The number of hydrogen-bond acceptors (Lipinski definition) is 0. The molecule has 0 bridgehead atoms. The molecule has 10 aliphatic rings. The van der Waals surface area contributed by atoms with Crippen LogP contribution in [0.4, 0.5) is 0 Å². The molecule has 2 heterocycles. The first-order valence-corrected chi connectivity index (χ1v) is 16.7. The molecule has 5 unspecified atom stereocenters. The third-order valence-electron chi connectivity index (χ3n) is 14.8. The topological polar surface area (TPSA) is 0 Å². The summed E-state index contributed by atoms with van der Waals surface area (Å²) in [7, 11) is 10.2. The SMILES string of the molecule is C[N+]1(C)CC2c3cc4c5c6c3-c3c(cc7c8c3C63C[N+](C)(C)CC36C3=C5C(C4)Cc4ccc5cc(c-8c6c5c43)C7)C2C1. The van der Waals surface area contributed by atoms with Crippen LogP contribution in [0, 0.1) is 5.92 Å². The van der Waals surface area contributed by atoms with Crippen LogP contribution >= 0.6 is 0 Å². The lowest BCUT2D eigenvalue weighted by Crippen LogP contribution is -2.52. The van der Waals surface area contributed by atoms with E-state index in [2.05, 4.69) is 58.5 Å². The molecular formula is C40H34N2+2. The van der Waals surface area contributed by atoms with Crippen LogP contribution in [0.2, 0.25) is 0 Å². The highest BCUT2D eigenvalue weighted by atomic mass is 15.4. The zero-order valence-corrected chi connectivity index (χ0v) is 25.0. The lowest BCUT2D eigenvalue weighted by atomic mass is 9.47. The van der Waals surface area contributed by atoms with Crippen molar-refractivity contribution in [1.82, 2.24) is 0 Å². The van der Waals surface area contributed by atoms with Crippen molar-refractivity contribution in [2.75, 3.05) is 54.4 Å². The fraction of sp³-hybridized carbons (Fsp3) is 0.400. The molecule has 0 N–H and O–H groups in total. The predicted molar refractivity (Wildman–Crippen MR) is 167 cm³/mol. The summed E-state index contributed by atoms with van der Waals surface area (Å²) in [6.45, 7) is 5.08. The van der Waals surface area contributed by atoms with Crippen molar-refractivity contribution in [3.8, 4) is 22.3 Å². The summed E-state index contributed by atoms with van der Waals surface area (Å²) in [5.41, 5.74) is 30.0. The van der Waals surface area contributed by atoms with Gasteiger partial charge in [0.2, 0.25) is 0 Å². The van der Waals surface area contributed by atoms with Crippen molar-refractivity contribution >= 4 is 21.9 Å². The highest BCUT2D eigenvalue weighted by Gasteiger charge is 2.79. The Kier molecular flexibility index (Phi) is 2.58. The van der Waals surface area contributed by atoms with Crippen LogP contribution < -0.4 is 0 Å². The zero-order valence-electron chi connectivity index (χ0n) is 25.0. The molecule has 2 fully saturated rings. The first-order chi connectivity index (χ1) is 20.2. The number of fused-ring (bicyclic) bond motifs is 3. The lowest BCUT2D eigenvalue weighted by Gasteiger charge is -2.50. The fourth-order valence-electron chi connectivity index (χ4n) is 14.5. The fourth-order valence-corrected chi connectivity index (χ4v) is 14.5. The van der Waals surface area contributed by atoms with Crippen molar-refractivity contribution in [3.63, 3.8) is 0 Å². The molecule has 8 aliphatic carbocycles. The van der Waals surface area contributed by atoms with Crippen LogP contribution in [0.5, 0.6) is 0 Å². The van der Waals surface area contributed by atoms with E-state index in [1.807, 2.05) is 22.3 Å². The van der Waals surface area contributed by atoms with Crippen molar-refractivity contribution in [2.24, 2.45) is 5.92 Å². The zero-order chi connectivity index (χ0) is 27.2. The molecule has 4 aromatic rings. The largest absolute Gasteiger partial charge is 0.327 e. The number of hydrogen-bond donors (Lipinski definition) is 0. The molecule has 14 rings (SSSR count). The van der Waals surface area contributed by atoms with E-state index in [0.29, 0.717) is 17.8 Å². The highest BCUT2D eigenvalue weighted by Crippen LogP contribution is 2.82. The Morgan fingerprint density at radius 3 is 2.10 bits per heavy atom. The Morgan fingerprint density at radius 1 is 0.619 bits per heavy atom. The van der Waals surface area contributed by atoms with Gasteiger partial charge in [0.1, 0.15) is 0 Å². The standard InChI is InChI=1S/C40H34N2/c1-41(2)13-25-23-11-21-9-19-7-17-5-6-18-8-20-10-22-12-24(26(25)14-41)34-33(23)37-31(21)29(19)35-27(17)28(18)36-30(20)32(22)38(34)40(37)16-42(3,4)15-39(35,36)40/h5-7,11-12,20,25-26H,8-10,13-16H2,1-4H3/q+2. The molecule has 0 saturated carbocycles. The number of quaternary nitrogens is 2. The molecule has 2 spiro atoms. The molecule has 2 nitrogen and oxygen atoms in total. The molecule has 4 aromatic carbocycles. The third kappa shape index (κ3) is 1.58. The third-order valence-corrected chi connectivity index (χ3v) is 14.8. The average Bonchev–Trinajstić information content (AvgIpc) is 3.72. The van der Waals surface area contributed by atoms with Crippen LogP contribution in [-0.4, -0.2) is 63.3 Å². The molecule has 0 radical (unpaired) electrons. The Bertz CT molecular complexity index is 2310. The van der Waals surface area contributed by atoms with Gasteiger partial charge in [-0.1, -0.05) is 30.3 Å². The van der Waals surface area contributed by atoms with Crippen LogP contribution in [0.3, 0.4) is 0 Å². The van der Waals surface area contributed by atoms with Gasteiger partial charge in [-0.05, 0) is 131 Å². The van der Waals surface area contributed by atoms with E-state index < -0.39 is 0 Å². The number of benzene rings is 4. The van der Waals surface area contributed by atoms with Crippen LogP contribution in [0.1, 0.15) is 73.0 Å². The maximum atomic E-state index is 2.81. The first kappa shape index (κ1) is 20.7. The van der Waals surface area contributed by atoms with Gasteiger partial charge in [-0.15, -0.1) is 0 Å². The van der Waals surface area contributed by atoms with E-state index in [4.69, 9.17) is 0 Å². The Morgan fingerprint density at radius 2 is 1.29 bits per heavy atom. The molecular weight excluding hydrogens is 508 g/mol. The molecule has 0 amide bonds. The van der Waals surface area contributed by atoms with E-state index in [1.165, 1.54) is 44.4 Å². The summed E-state index contributed by atoms with van der Waals surface area (Å²) in [4.78, 5) is 0. The van der Waals surface area contributed by atoms with Crippen LogP contribution in [-0.2, 0) is 30.1 Å². The van der Waals surface area contributed by atoms with Gasteiger partial charge >= 0.3 is 0 Å². The number of allylic oxidation sites excluding steroid dienone is 1. The monoisotopic (exact) mass is 542 g/mol. The lowest BCUT2D eigenvalue weighted by molar-refractivity contribution is -0.880. The smallest absolute Gasteiger partial charge is 0.0937 e. The van der Waals surface area contributed by atoms with Gasteiger partial charge in [0.15, 0.2) is 0 Å². The van der Waals surface area contributed by atoms with Gasteiger partial charge in [-0.25, -0.2) is 0 Å². The minimum Gasteiger partial charge on any atom is -0.327 e. The number of likely N-dealkylation sites (N-methyl/N-ethyl adjacent to an activating group) is 2. The molecule has 0 aromatic heterocycles. The van der Waals surface area contributed by atoms with Gasteiger partial charge in [-0.2, -0.15) is 0 Å². The predicted octanol–water partition coefficient (Wildman–Crippen LogP) is 6.26. The van der Waals surface area contributed by atoms with E-state index >= 15 is 0 Å². The van der Waals surface area contributed by atoms with Gasteiger partial charge in [0.25, 0.3) is 0 Å². The Labute approximate surface area is 246 Å². The van der Waals surface area contributed by atoms with Gasteiger partial charge < -0.3 is 8.97 Å². The summed E-state index contributed by atoms with van der Waals surface area (Å²) in [6, 6.07) is 13.3. The van der Waals surface area contributed by atoms with E-state index in [1.54, 1.807) is 77.7 Å². The highest BCUT2D eigenvalue weighted by molar-refractivity contribution is 6.23. The maximum absolute atomic E-state index is 2.81. The maximum Gasteiger partial charge on any atom is 0.0937 e. The van der Waals surface area contributed by atoms with Crippen LogP contribution in [0.15, 0.2) is 30.3 Å². The van der Waals surface area contributed by atoms with Crippen molar-refractivity contribution in [3.05, 3.63) is 91.5 Å². The molecule has 5 atom stereocenters. The summed E-state index contributed by atoms with van der Waals surface area (Å²) in [5.74, 6) is 1.99. The summed E-state index contributed by atoms with van der Waals surface area (Å²) >= 11 is 0. The van der Waals surface area contributed by atoms with Crippen molar-refractivity contribution in [2.45, 2.75) is 41.9 Å². The Balaban J connectivity index is 1.33. The minimum absolute atomic E-state index is 0.0919. The second-order valence-electron chi connectivity index (χ2n) is 17.6. The second kappa shape index (κ2) is 5.24. The number of rotatable bonds is 0. The summed E-state index contributed by atoms with van der Waals surface area (Å²) in [5, 5.41) is 3.21. The average molecular weight is 543 g/mol. The van der Waals surface area contributed by atoms with Crippen molar-refractivity contribution < 1.29 is 8.97 Å². The number of nitrogens with zero attached hydrogens (tertiary/aromatic N) is 2. The van der Waals surface area contributed by atoms with E-state index in [0.717, 1.165) is 15.4 Å². The molecule has 202 valence electrons. The van der Waals surface area contributed by atoms with Gasteiger partial charge in [0.05, 0.1) is 65.2 Å².